The first kappa shape index (κ1) is 13.2. The molecule has 0 aliphatic heterocycles. The predicted octanol–water partition coefficient (Wildman–Crippen LogP) is 2.33. The predicted molar refractivity (Wildman–Crippen MR) is 67.5 cm³/mol. The monoisotopic (exact) mass is 287 g/mol. The lowest BCUT2D eigenvalue weighted by molar-refractivity contribution is -0.140. The third-order valence-corrected chi connectivity index (χ3v) is 3.50. The van der Waals surface area contributed by atoms with Gasteiger partial charge >= 0.3 is 5.97 Å². The zero-order valence-electron chi connectivity index (χ0n) is 9.32. The molecule has 0 spiro atoms. The van der Waals surface area contributed by atoms with E-state index >= 15 is 0 Å². The van der Waals surface area contributed by atoms with Crippen molar-refractivity contribution in [2.24, 2.45) is 11.8 Å². The second-order valence-corrected chi connectivity index (χ2v) is 5.08. The zero-order valence-corrected chi connectivity index (χ0v) is 10.8. The van der Waals surface area contributed by atoms with Crippen LogP contribution >= 0.6 is 23.2 Å². The van der Waals surface area contributed by atoms with E-state index in [9.17, 15) is 9.59 Å². The maximum Gasteiger partial charge on any atom is 0.307 e. The van der Waals surface area contributed by atoms with E-state index in [1.807, 2.05) is 0 Å². The molecule has 1 aliphatic rings. The highest BCUT2D eigenvalue weighted by Gasteiger charge is 2.48. The van der Waals surface area contributed by atoms with Crippen molar-refractivity contribution in [3.05, 3.63) is 33.8 Å². The number of carbonyl (C=O) groups excluding carboxylic acids is 1. The highest BCUT2D eigenvalue weighted by atomic mass is 35.5. The molecular weight excluding hydrogens is 277 g/mol. The van der Waals surface area contributed by atoms with Crippen molar-refractivity contribution < 1.29 is 14.7 Å². The van der Waals surface area contributed by atoms with E-state index in [0.717, 1.165) is 5.56 Å². The molecule has 2 unspecified atom stereocenters. The quantitative estimate of drug-likeness (QED) is 0.893. The van der Waals surface area contributed by atoms with E-state index in [0.29, 0.717) is 16.5 Å². The van der Waals surface area contributed by atoms with Gasteiger partial charge in [0.15, 0.2) is 0 Å². The molecule has 0 radical (unpaired) electrons. The third kappa shape index (κ3) is 2.94. The summed E-state index contributed by atoms with van der Waals surface area (Å²) in [7, 11) is 0. The molecule has 18 heavy (non-hydrogen) atoms. The minimum atomic E-state index is -0.917. The molecule has 2 rings (SSSR count). The SMILES string of the molecule is O=C(O)C1CC1C(=O)NCc1ccc(Cl)cc1Cl. The van der Waals surface area contributed by atoms with Crippen LogP contribution in [0.15, 0.2) is 18.2 Å². The molecule has 1 aliphatic carbocycles. The van der Waals surface area contributed by atoms with Gasteiger partial charge in [0.2, 0.25) is 5.91 Å². The topological polar surface area (TPSA) is 66.4 Å². The van der Waals surface area contributed by atoms with Gasteiger partial charge in [-0.2, -0.15) is 0 Å². The van der Waals surface area contributed by atoms with Crippen molar-refractivity contribution in [3.8, 4) is 0 Å². The average Bonchev–Trinajstić information content (AvgIpc) is 3.07. The molecule has 1 saturated carbocycles. The number of amides is 1. The fourth-order valence-corrected chi connectivity index (χ4v) is 2.21. The Morgan fingerprint density at radius 2 is 2.06 bits per heavy atom. The lowest BCUT2D eigenvalue weighted by Crippen LogP contribution is -2.26. The number of rotatable bonds is 4. The van der Waals surface area contributed by atoms with Gasteiger partial charge in [-0.3, -0.25) is 9.59 Å². The van der Waals surface area contributed by atoms with E-state index in [2.05, 4.69) is 5.32 Å². The van der Waals surface area contributed by atoms with Gasteiger partial charge in [0.05, 0.1) is 11.8 Å². The summed E-state index contributed by atoms with van der Waals surface area (Å²) in [5.41, 5.74) is 0.752. The van der Waals surface area contributed by atoms with Gasteiger partial charge in [0.1, 0.15) is 0 Å². The summed E-state index contributed by atoms with van der Waals surface area (Å²) >= 11 is 11.7. The van der Waals surface area contributed by atoms with Crippen LogP contribution in [-0.2, 0) is 16.1 Å². The summed E-state index contributed by atoms with van der Waals surface area (Å²) in [6, 6.07) is 5.01. The summed E-state index contributed by atoms with van der Waals surface area (Å²) in [5.74, 6) is -2.10. The summed E-state index contributed by atoms with van der Waals surface area (Å²) in [6.45, 7) is 0.275. The Balaban J connectivity index is 1.89. The van der Waals surface area contributed by atoms with E-state index in [1.165, 1.54) is 0 Å². The lowest BCUT2D eigenvalue weighted by Gasteiger charge is -2.06. The van der Waals surface area contributed by atoms with E-state index in [-0.39, 0.29) is 12.5 Å². The van der Waals surface area contributed by atoms with Gasteiger partial charge in [-0.05, 0) is 24.1 Å². The van der Waals surface area contributed by atoms with Gasteiger partial charge in [0, 0.05) is 16.6 Å². The Hall–Kier alpha value is -1.26. The number of benzene rings is 1. The molecule has 2 N–H and O–H groups in total. The molecule has 2 atom stereocenters. The van der Waals surface area contributed by atoms with Crippen LogP contribution in [0, 0.1) is 11.8 Å². The molecule has 1 aromatic rings. The van der Waals surface area contributed by atoms with Crippen molar-refractivity contribution in [2.45, 2.75) is 13.0 Å². The van der Waals surface area contributed by atoms with Gasteiger partial charge < -0.3 is 10.4 Å². The maximum atomic E-state index is 11.6. The highest BCUT2D eigenvalue weighted by Crippen LogP contribution is 2.38. The molecule has 6 heteroatoms. The molecular formula is C12H11Cl2NO3. The fourth-order valence-electron chi connectivity index (χ4n) is 1.74. The minimum Gasteiger partial charge on any atom is -0.481 e. The van der Waals surface area contributed by atoms with Crippen LogP contribution in [0.1, 0.15) is 12.0 Å². The van der Waals surface area contributed by atoms with E-state index < -0.39 is 17.8 Å². The van der Waals surface area contributed by atoms with Crippen molar-refractivity contribution >= 4 is 35.1 Å². The molecule has 1 fully saturated rings. The Kier molecular flexibility index (Phi) is 3.78. The maximum absolute atomic E-state index is 11.6. The molecule has 0 bridgehead atoms. The summed E-state index contributed by atoms with van der Waals surface area (Å²) in [5, 5.41) is 12.4. The van der Waals surface area contributed by atoms with Gasteiger partial charge in [0.25, 0.3) is 0 Å². The van der Waals surface area contributed by atoms with Crippen LogP contribution < -0.4 is 5.32 Å². The van der Waals surface area contributed by atoms with Crippen LogP contribution in [0.2, 0.25) is 10.0 Å². The van der Waals surface area contributed by atoms with Gasteiger partial charge in [-0.1, -0.05) is 29.3 Å². The number of halogens is 2. The number of carboxylic acids is 1. The van der Waals surface area contributed by atoms with Crippen molar-refractivity contribution in [2.75, 3.05) is 0 Å². The number of carbonyl (C=O) groups is 2. The standard InChI is InChI=1S/C12H11Cl2NO3/c13-7-2-1-6(10(14)3-7)5-15-11(16)8-4-9(8)12(17)18/h1-3,8-9H,4-5H2,(H,15,16)(H,17,18). The van der Waals surface area contributed by atoms with Crippen LogP contribution in [0.3, 0.4) is 0 Å². The van der Waals surface area contributed by atoms with Crippen LogP contribution in [-0.4, -0.2) is 17.0 Å². The third-order valence-electron chi connectivity index (χ3n) is 2.91. The Bertz CT molecular complexity index is 504. The molecule has 0 heterocycles. The summed E-state index contributed by atoms with van der Waals surface area (Å²) < 4.78 is 0. The molecule has 96 valence electrons. The zero-order chi connectivity index (χ0) is 13.3. The van der Waals surface area contributed by atoms with E-state index in [1.54, 1.807) is 18.2 Å². The molecule has 0 saturated heterocycles. The molecule has 0 aromatic heterocycles. The number of aliphatic carboxylic acids is 1. The Morgan fingerprint density at radius 3 is 2.61 bits per heavy atom. The smallest absolute Gasteiger partial charge is 0.307 e. The Labute approximate surface area is 114 Å². The van der Waals surface area contributed by atoms with Crippen LogP contribution in [0.25, 0.3) is 0 Å². The van der Waals surface area contributed by atoms with E-state index in [4.69, 9.17) is 28.3 Å². The van der Waals surface area contributed by atoms with Crippen molar-refractivity contribution in [3.63, 3.8) is 0 Å². The fraction of sp³-hybridized carbons (Fsp3) is 0.333. The van der Waals surface area contributed by atoms with Gasteiger partial charge in [-0.25, -0.2) is 0 Å². The first-order valence-electron chi connectivity index (χ1n) is 5.43. The average molecular weight is 288 g/mol. The molecule has 1 aromatic carbocycles. The largest absolute Gasteiger partial charge is 0.481 e. The van der Waals surface area contributed by atoms with Crippen molar-refractivity contribution in [1.29, 1.82) is 0 Å². The lowest BCUT2D eigenvalue weighted by atomic mass is 10.2. The first-order chi connectivity index (χ1) is 8.49. The van der Waals surface area contributed by atoms with Crippen molar-refractivity contribution in [1.82, 2.24) is 5.32 Å². The summed E-state index contributed by atoms with van der Waals surface area (Å²) in [4.78, 5) is 22.3. The van der Waals surface area contributed by atoms with Crippen LogP contribution in [0.4, 0.5) is 0 Å². The van der Waals surface area contributed by atoms with Crippen LogP contribution in [0.5, 0.6) is 0 Å². The normalized spacial score (nSPS) is 21.4. The number of carboxylic acid groups (broad SMARTS) is 1. The first-order valence-corrected chi connectivity index (χ1v) is 6.19. The second-order valence-electron chi connectivity index (χ2n) is 4.24. The summed E-state index contributed by atoms with van der Waals surface area (Å²) in [6.07, 6.45) is 0.412. The minimum absolute atomic E-state index is 0.242. The second kappa shape index (κ2) is 5.16. The highest BCUT2D eigenvalue weighted by molar-refractivity contribution is 6.35. The number of nitrogens with one attached hydrogen (secondary N) is 1. The molecule has 4 nitrogen and oxygen atoms in total. The molecule has 1 amide bonds. The van der Waals surface area contributed by atoms with Gasteiger partial charge in [-0.15, -0.1) is 0 Å². The number of hydrogen-bond acceptors (Lipinski definition) is 2. The number of hydrogen-bond donors (Lipinski definition) is 2. The Morgan fingerprint density at radius 1 is 1.33 bits per heavy atom.